The first-order valence-corrected chi connectivity index (χ1v) is 7.06. The minimum atomic E-state index is -0.663. The molecular formula is C15H21BFNO4. The van der Waals surface area contributed by atoms with Gasteiger partial charge in [0, 0.05) is 7.05 Å². The quantitative estimate of drug-likeness (QED) is 0.630. The van der Waals surface area contributed by atoms with E-state index in [9.17, 15) is 9.18 Å². The van der Waals surface area contributed by atoms with Crippen LogP contribution in [-0.4, -0.2) is 43.4 Å². The van der Waals surface area contributed by atoms with Crippen molar-refractivity contribution in [3.8, 4) is 0 Å². The molecule has 0 unspecified atom stereocenters. The normalized spacial score (nSPS) is 19.3. The number of hydroxylamine groups is 2. The van der Waals surface area contributed by atoms with Crippen LogP contribution in [0.1, 0.15) is 38.1 Å². The Bertz CT molecular complexity index is 575. The van der Waals surface area contributed by atoms with E-state index in [4.69, 9.17) is 14.1 Å². The van der Waals surface area contributed by atoms with Crippen LogP contribution in [0.3, 0.4) is 0 Å². The van der Waals surface area contributed by atoms with Gasteiger partial charge in [-0.05, 0) is 45.3 Å². The van der Waals surface area contributed by atoms with Gasteiger partial charge in [0.1, 0.15) is 5.82 Å². The monoisotopic (exact) mass is 309 g/mol. The van der Waals surface area contributed by atoms with Gasteiger partial charge in [-0.3, -0.25) is 9.63 Å². The lowest BCUT2D eigenvalue weighted by atomic mass is 9.78. The van der Waals surface area contributed by atoms with Crippen molar-refractivity contribution < 1.29 is 23.3 Å². The molecule has 0 radical (unpaired) electrons. The molecule has 0 bridgehead atoms. The van der Waals surface area contributed by atoms with Crippen molar-refractivity contribution in [1.82, 2.24) is 5.06 Å². The number of amides is 1. The minimum Gasteiger partial charge on any atom is -0.399 e. The molecule has 0 aromatic heterocycles. The Balaban J connectivity index is 2.26. The van der Waals surface area contributed by atoms with Crippen LogP contribution < -0.4 is 5.46 Å². The summed E-state index contributed by atoms with van der Waals surface area (Å²) in [4.78, 5) is 16.7. The largest absolute Gasteiger partial charge is 0.494 e. The standard InChI is InChI=1S/C15H21BFNO4/c1-14(2)15(3,4)22-16(21-14)10-7-8-11(12(17)9-10)13(19)18(5)20-6/h7-9H,1-6H3. The van der Waals surface area contributed by atoms with Gasteiger partial charge in [-0.15, -0.1) is 0 Å². The molecule has 1 aromatic rings. The fourth-order valence-electron chi connectivity index (χ4n) is 2.08. The summed E-state index contributed by atoms with van der Waals surface area (Å²) in [7, 11) is 2.10. The van der Waals surface area contributed by atoms with Gasteiger partial charge >= 0.3 is 7.12 Å². The molecule has 1 fully saturated rings. The van der Waals surface area contributed by atoms with Crippen molar-refractivity contribution >= 4 is 18.5 Å². The van der Waals surface area contributed by atoms with Crippen molar-refractivity contribution in [3.63, 3.8) is 0 Å². The molecule has 0 atom stereocenters. The third-order valence-electron chi connectivity index (χ3n) is 4.31. The number of benzene rings is 1. The van der Waals surface area contributed by atoms with E-state index in [1.807, 2.05) is 27.7 Å². The third kappa shape index (κ3) is 2.88. The Morgan fingerprint density at radius 2 is 1.77 bits per heavy atom. The lowest BCUT2D eigenvalue weighted by molar-refractivity contribution is -0.0759. The first-order valence-electron chi connectivity index (χ1n) is 7.06. The molecule has 0 saturated carbocycles. The van der Waals surface area contributed by atoms with Crippen molar-refractivity contribution in [2.24, 2.45) is 0 Å². The predicted octanol–water partition coefficient (Wildman–Crippen LogP) is 1.76. The molecule has 1 aliphatic heterocycles. The number of nitrogens with zero attached hydrogens (tertiary/aromatic N) is 1. The summed E-state index contributed by atoms with van der Waals surface area (Å²) >= 11 is 0. The number of hydrogen-bond acceptors (Lipinski definition) is 4. The van der Waals surface area contributed by atoms with E-state index in [1.165, 1.54) is 26.3 Å². The Kier molecular flexibility index (Phi) is 4.34. The minimum absolute atomic E-state index is 0.0652. The van der Waals surface area contributed by atoms with Crippen LogP contribution in [0, 0.1) is 5.82 Å². The second kappa shape index (κ2) is 5.64. The van der Waals surface area contributed by atoms with Gasteiger partial charge in [0.2, 0.25) is 0 Å². The van der Waals surface area contributed by atoms with Crippen LogP contribution in [0.4, 0.5) is 4.39 Å². The van der Waals surface area contributed by atoms with E-state index < -0.39 is 30.0 Å². The number of hydrogen-bond donors (Lipinski definition) is 0. The van der Waals surface area contributed by atoms with E-state index in [2.05, 4.69) is 0 Å². The fraction of sp³-hybridized carbons (Fsp3) is 0.533. The molecule has 0 spiro atoms. The summed E-state index contributed by atoms with van der Waals surface area (Å²) < 4.78 is 26.0. The molecular weight excluding hydrogens is 288 g/mol. The van der Waals surface area contributed by atoms with Gasteiger partial charge in [0.25, 0.3) is 5.91 Å². The first-order chi connectivity index (χ1) is 10.1. The van der Waals surface area contributed by atoms with Crippen LogP contribution in [0.2, 0.25) is 0 Å². The van der Waals surface area contributed by atoms with Gasteiger partial charge in [-0.25, -0.2) is 9.45 Å². The smallest absolute Gasteiger partial charge is 0.399 e. The van der Waals surface area contributed by atoms with E-state index in [0.29, 0.717) is 5.46 Å². The molecule has 1 heterocycles. The first kappa shape index (κ1) is 16.9. The molecule has 2 rings (SSSR count). The summed E-state index contributed by atoms with van der Waals surface area (Å²) in [6, 6.07) is 4.30. The van der Waals surface area contributed by atoms with Gasteiger partial charge in [0.05, 0.1) is 23.9 Å². The van der Waals surface area contributed by atoms with Crippen molar-refractivity contribution in [3.05, 3.63) is 29.6 Å². The molecule has 1 aliphatic rings. The summed E-state index contributed by atoms with van der Waals surface area (Å²) in [5.74, 6) is -1.19. The van der Waals surface area contributed by atoms with E-state index in [0.717, 1.165) is 5.06 Å². The van der Waals surface area contributed by atoms with Crippen molar-refractivity contribution in [1.29, 1.82) is 0 Å². The second-order valence-electron chi connectivity index (χ2n) is 6.31. The summed E-state index contributed by atoms with van der Waals surface area (Å²) in [6.45, 7) is 7.70. The van der Waals surface area contributed by atoms with Crippen LogP contribution in [-0.2, 0) is 14.1 Å². The van der Waals surface area contributed by atoms with E-state index in [1.54, 1.807) is 6.07 Å². The molecule has 0 N–H and O–H groups in total. The lowest BCUT2D eigenvalue weighted by Gasteiger charge is -2.32. The number of carbonyl (C=O) groups is 1. The van der Waals surface area contributed by atoms with Crippen LogP contribution >= 0.6 is 0 Å². The number of carbonyl (C=O) groups excluding carboxylic acids is 1. The van der Waals surface area contributed by atoms with Crippen molar-refractivity contribution in [2.45, 2.75) is 38.9 Å². The topological polar surface area (TPSA) is 48.0 Å². The van der Waals surface area contributed by atoms with Gasteiger partial charge < -0.3 is 9.31 Å². The van der Waals surface area contributed by atoms with Gasteiger partial charge in [-0.2, -0.15) is 0 Å². The summed E-state index contributed by atoms with van der Waals surface area (Å²) in [5.41, 5.74) is -0.532. The van der Waals surface area contributed by atoms with E-state index >= 15 is 0 Å². The highest BCUT2D eigenvalue weighted by molar-refractivity contribution is 6.62. The fourth-order valence-corrected chi connectivity index (χ4v) is 2.08. The molecule has 120 valence electrons. The highest BCUT2D eigenvalue weighted by Gasteiger charge is 2.51. The summed E-state index contributed by atoms with van der Waals surface area (Å²) in [6.07, 6.45) is 0. The Hall–Kier alpha value is -1.44. The van der Waals surface area contributed by atoms with Gasteiger partial charge in [-0.1, -0.05) is 6.07 Å². The van der Waals surface area contributed by atoms with Crippen LogP contribution in [0.15, 0.2) is 18.2 Å². The predicted molar refractivity (Wildman–Crippen MR) is 81.2 cm³/mol. The summed E-state index contributed by atoms with van der Waals surface area (Å²) in [5, 5.41) is 0.965. The number of halogens is 1. The highest BCUT2D eigenvalue weighted by Crippen LogP contribution is 2.36. The molecule has 22 heavy (non-hydrogen) atoms. The Morgan fingerprint density at radius 1 is 1.23 bits per heavy atom. The van der Waals surface area contributed by atoms with E-state index in [-0.39, 0.29) is 5.56 Å². The SMILES string of the molecule is CON(C)C(=O)c1ccc(B2OC(C)(C)C(C)(C)O2)cc1F. The molecule has 1 aromatic carbocycles. The molecule has 5 nitrogen and oxygen atoms in total. The third-order valence-corrected chi connectivity index (χ3v) is 4.31. The number of rotatable bonds is 3. The van der Waals surface area contributed by atoms with Gasteiger partial charge in [0.15, 0.2) is 0 Å². The molecule has 1 amide bonds. The average molecular weight is 309 g/mol. The Morgan fingerprint density at radius 3 is 2.23 bits per heavy atom. The van der Waals surface area contributed by atoms with Crippen molar-refractivity contribution in [2.75, 3.05) is 14.2 Å². The van der Waals surface area contributed by atoms with Crippen LogP contribution in [0.25, 0.3) is 0 Å². The maximum atomic E-state index is 14.2. The Labute approximate surface area is 130 Å². The zero-order valence-electron chi connectivity index (χ0n) is 13.8. The second-order valence-corrected chi connectivity index (χ2v) is 6.31. The molecule has 1 saturated heterocycles. The maximum Gasteiger partial charge on any atom is 0.494 e. The van der Waals surface area contributed by atoms with Crippen LogP contribution in [0.5, 0.6) is 0 Å². The molecule has 0 aliphatic carbocycles. The molecule has 7 heteroatoms. The highest BCUT2D eigenvalue weighted by atomic mass is 19.1. The lowest BCUT2D eigenvalue weighted by Crippen LogP contribution is -2.41. The zero-order chi connectivity index (χ0) is 16.7. The average Bonchev–Trinajstić information content (AvgIpc) is 2.65. The maximum absolute atomic E-state index is 14.2. The zero-order valence-corrected chi connectivity index (χ0v) is 13.8.